The molecule has 20 heavy (non-hydrogen) atoms. The molecule has 1 N–H and O–H groups in total. The van der Waals surface area contributed by atoms with Crippen molar-refractivity contribution < 1.29 is 5.11 Å². The molecular formula is C15H19ClN2OS. The van der Waals surface area contributed by atoms with E-state index in [-0.39, 0.29) is 5.25 Å². The lowest BCUT2D eigenvalue weighted by Gasteiger charge is -2.36. The summed E-state index contributed by atoms with van der Waals surface area (Å²) < 4.78 is 0. The molecular weight excluding hydrogens is 292 g/mol. The Morgan fingerprint density at radius 1 is 1.45 bits per heavy atom. The third-order valence-corrected chi connectivity index (χ3v) is 5.66. The number of nitrogens with zero attached hydrogens (tertiary/aromatic N) is 2. The van der Waals surface area contributed by atoms with Gasteiger partial charge in [-0.25, -0.2) is 0 Å². The van der Waals surface area contributed by atoms with Crippen molar-refractivity contribution in [2.45, 2.75) is 37.2 Å². The van der Waals surface area contributed by atoms with Crippen LogP contribution in [0.1, 0.15) is 31.7 Å². The van der Waals surface area contributed by atoms with Crippen LogP contribution in [0.5, 0.6) is 0 Å². The maximum atomic E-state index is 11.4. The summed E-state index contributed by atoms with van der Waals surface area (Å²) in [4.78, 5) is 6.57. The van der Waals surface area contributed by atoms with Gasteiger partial charge in [-0.3, -0.25) is 4.99 Å². The van der Waals surface area contributed by atoms with Crippen LogP contribution in [-0.4, -0.2) is 33.5 Å². The fourth-order valence-corrected chi connectivity index (χ4v) is 4.53. The van der Waals surface area contributed by atoms with E-state index in [2.05, 4.69) is 16.8 Å². The molecule has 3 nitrogen and oxygen atoms in total. The smallest absolute Gasteiger partial charge is 0.178 e. The molecule has 2 atom stereocenters. The summed E-state index contributed by atoms with van der Waals surface area (Å²) in [6.07, 6.45) is 3.25. The van der Waals surface area contributed by atoms with Crippen molar-refractivity contribution in [1.29, 1.82) is 0 Å². The van der Waals surface area contributed by atoms with Gasteiger partial charge in [-0.2, -0.15) is 0 Å². The summed E-state index contributed by atoms with van der Waals surface area (Å²) in [5.41, 5.74) is -0.0256. The number of aliphatic imine (C=N–C) groups is 1. The minimum Gasteiger partial charge on any atom is -0.366 e. The monoisotopic (exact) mass is 310 g/mol. The lowest BCUT2D eigenvalue weighted by atomic mass is 9.94. The minimum atomic E-state index is -0.945. The Morgan fingerprint density at radius 2 is 2.20 bits per heavy atom. The zero-order valence-corrected chi connectivity index (χ0v) is 13.1. The molecule has 0 saturated carbocycles. The lowest BCUT2D eigenvalue weighted by molar-refractivity contribution is -0.0674. The van der Waals surface area contributed by atoms with Crippen LogP contribution in [0.15, 0.2) is 29.3 Å². The molecule has 0 spiro atoms. The average Bonchev–Trinajstić information content (AvgIpc) is 3.00. The summed E-state index contributed by atoms with van der Waals surface area (Å²) in [5.74, 6) is 0. The van der Waals surface area contributed by atoms with Crippen LogP contribution in [0.25, 0.3) is 0 Å². The molecule has 1 aromatic carbocycles. The minimum absolute atomic E-state index is 0.141. The Bertz CT molecular complexity index is 519. The Labute approximate surface area is 129 Å². The van der Waals surface area contributed by atoms with E-state index in [0.717, 1.165) is 43.1 Å². The molecule has 1 saturated heterocycles. The average molecular weight is 311 g/mol. The molecule has 1 fully saturated rings. The SMILES string of the molecule is CCCC[C@@H]1SC2=NCCN2[C@@]1(O)c1ccc(Cl)cc1. The number of benzene rings is 1. The Balaban J connectivity index is 1.96. The first-order chi connectivity index (χ1) is 9.66. The predicted molar refractivity (Wildman–Crippen MR) is 85.3 cm³/mol. The van der Waals surface area contributed by atoms with Gasteiger partial charge in [-0.15, -0.1) is 0 Å². The maximum Gasteiger partial charge on any atom is 0.178 e. The van der Waals surface area contributed by atoms with Crippen molar-refractivity contribution in [3.8, 4) is 0 Å². The van der Waals surface area contributed by atoms with E-state index in [1.165, 1.54) is 0 Å². The van der Waals surface area contributed by atoms with Crippen molar-refractivity contribution in [3.05, 3.63) is 34.9 Å². The van der Waals surface area contributed by atoms with Crippen molar-refractivity contribution in [1.82, 2.24) is 4.90 Å². The molecule has 1 aromatic rings. The second kappa shape index (κ2) is 5.58. The van der Waals surface area contributed by atoms with Crippen LogP contribution in [0.3, 0.4) is 0 Å². The number of rotatable bonds is 4. The van der Waals surface area contributed by atoms with Crippen LogP contribution in [0.2, 0.25) is 5.02 Å². The number of thioether (sulfide) groups is 1. The molecule has 0 bridgehead atoms. The summed E-state index contributed by atoms with van der Waals surface area (Å²) in [6, 6.07) is 7.56. The van der Waals surface area contributed by atoms with Crippen molar-refractivity contribution in [3.63, 3.8) is 0 Å². The van der Waals surface area contributed by atoms with Crippen LogP contribution < -0.4 is 0 Å². The van der Waals surface area contributed by atoms with E-state index in [0.29, 0.717) is 5.02 Å². The van der Waals surface area contributed by atoms with E-state index in [1.807, 2.05) is 24.3 Å². The fraction of sp³-hybridized carbons (Fsp3) is 0.533. The normalized spacial score (nSPS) is 28.6. The van der Waals surface area contributed by atoms with E-state index in [9.17, 15) is 5.11 Å². The molecule has 0 radical (unpaired) electrons. The number of hydrogen-bond donors (Lipinski definition) is 1. The third-order valence-electron chi connectivity index (χ3n) is 4.00. The molecule has 108 valence electrons. The van der Waals surface area contributed by atoms with Crippen molar-refractivity contribution in [2.24, 2.45) is 4.99 Å². The van der Waals surface area contributed by atoms with Crippen LogP contribution in [0.4, 0.5) is 0 Å². The Hall–Kier alpha value is -0.710. The quantitative estimate of drug-likeness (QED) is 0.925. The number of unbranched alkanes of at least 4 members (excludes halogenated alkanes) is 1. The maximum absolute atomic E-state index is 11.4. The van der Waals surface area contributed by atoms with Gasteiger partial charge in [0.1, 0.15) is 0 Å². The van der Waals surface area contributed by atoms with E-state index >= 15 is 0 Å². The fourth-order valence-electron chi connectivity index (χ4n) is 2.91. The van der Waals surface area contributed by atoms with Gasteiger partial charge in [0.15, 0.2) is 10.9 Å². The second-order valence-electron chi connectivity index (χ2n) is 5.30. The number of amidine groups is 1. The summed E-state index contributed by atoms with van der Waals surface area (Å²) >= 11 is 7.69. The zero-order valence-electron chi connectivity index (χ0n) is 11.6. The van der Waals surface area contributed by atoms with Gasteiger partial charge in [-0.1, -0.05) is 55.3 Å². The molecule has 0 amide bonds. The van der Waals surface area contributed by atoms with Gasteiger partial charge < -0.3 is 10.0 Å². The molecule has 5 heteroatoms. The largest absolute Gasteiger partial charge is 0.366 e. The zero-order chi connectivity index (χ0) is 14.2. The highest BCUT2D eigenvalue weighted by molar-refractivity contribution is 8.14. The molecule has 2 aliphatic heterocycles. The first-order valence-corrected chi connectivity index (χ1v) is 8.39. The van der Waals surface area contributed by atoms with Crippen LogP contribution in [0, 0.1) is 0 Å². The van der Waals surface area contributed by atoms with E-state index in [1.54, 1.807) is 11.8 Å². The first kappa shape index (κ1) is 14.2. The predicted octanol–water partition coefficient (Wildman–Crippen LogP) is 3.46. The van der Waals surface area contributed by atoms with Crippen LogP contribution >= 0.6 is 23.4 Å². The summed E-state index contributed by atoms with van der Waals surface area (Å²) in [6.45, 7) is 3.75. The van der Waals surface area contributed by atoms with Crippen molar-refractivity contribution >= 4 is 28.5 Å². The number of hydrogen-bond acceptors (Lipinski definition) is 4. The highest BCUT2D eigenvalue weighted by Crippen LogP contribution is 2.48. The van der Waals surface area contributed by atoms with Gasteiger partial charge in [0.25, 0.3) is 0 Å². The van der Waals surface area contributed by atoms with Crippen LogP contribution in [-0.2, 0) is 5.72 Å². The third kappa shape index (κ3) is 2.24. The summed E-state index contributed by atoms with van der Waals surface area (Å²) in [7, 11) is 0. The Morgan fingerprint density at radius 3 is 2.90 bits per heavy atom. The van der Waals surface area contributed by atoms with Gasteiger partial charge in [0, 0.05) is 17.1 Å². The molecule has 2 aliphatic rings. The Kier molecular flexibility index (Phi) is 3.98. The van der Waals surface area contributed by atoms with Gasteiger partial charge in [0.2, 0.25) is 0 Å². The van der Waals surface area contributed by atoms with E-state index in [4.69, 9.17) is 11.6 Å². The van der Waals surface area contributed by atoms with Gasteiger partial charge in [-0.05, 0) is 18.6 Å². The highest BCUT2D eigenvalue weighted by Gasteiger charge is 2.53. The second-order valence-corrected chi connectivity index (χ2v) is 6.90. The first-order valence-electron chi connectivity index (χ1n) is 7.13. The number of fused-ring (bicyclic) bond motifs is 1. The number of aliphatic hydroxyl groups is 1. The summed E-state index contributed by atoms with van der Waals surface area (Å²) in [5, 5.41) is 13.2. The topological polar surface area (TPSA) is 35.8 Å². The molecule has 0 aliphatic carbocycles. The highest BCUT2D eigenvalue weighted by atomic mass is 35.5. The molecule has 3 rings (SSSR count). The van der Waals surface area contributed by atoms with Crippen molar-refractivity contribution in [2.75, 3.05) is 13.1 Å². The molecule has 0 unspecified atom stereocenters. The molecule has 2 heterocycles. The lowest BCUT2D eigenvalue weighted by Crippen LogP contribution is -2.47. The number of halogens is 1. The molecule has 0 aromatic heterocycles. The standard InChI is InChI=1S/C15H19ClN2OS/c1-2-3-4-13-15(19,11-5-7-12(16)8-6-11)18-10-9-17-14(18)20-13/h5-8,13,19H,2-4,9-10H2,1H3/t13-,15+/m0/s1. The van der Waals surface area contributed by atoms with Gasteiger partial charge in [0.05, 0.1) is 11.8 Å². The van der Waals surface area contributed by atoms with Gasteiger partial charge >= 0.3 is 0 Å². The van der Waals surface area contributed by atoms with E-state index < -0.39 is 5.72 Å².